The fourth-order valence-electron chi connectivity index (χ4n) is 0.925. The molecule has 1 aromatic carbocycles. The summed E-state index contributed by atoms with van der Waals surface area (Å²) in [5, 5.41) is 1.25. The second-order valence-electron chi connectivity index (χ2n) is 2.18. The van der Waals surface area contributed by atoms with E-state index in [0.29, 0.717) is 11.4 Å². The van der Waals surface area contributed by atoms with Crippen LogP contribution in [0.2, 0.25) is 0 Å². The SMILES string of the molecule is CON(OC)c1ccccc1N. The fraction of sp³-hybridized carbons (Fsp3) is 0.250. The summed E-state index contributed by atoms with van der Waals surface area (Å²) in [7, 11) is 3.02. The number of nitrogens with zero attached hydrogens (tertiary/aromatic N) is 1. The van der Waals surface area contributed by atoms with Crippen molar-refractivity contribution in [3.05, 3.63) is 24.3 Å². The van der Waals surface area contributed by atoms with Crippen LogP contribution < -0.4 is 11.0 Å². The van der Waals surface area contributed by atoms with E-state index in [9.17, 15) is 0 Å². The summed E-state index contributed by atoms with van der Waals surface area (Å²) in [6.07, 6.45) is 0. The van der Waals surface area contributed by atoms with Gasteiger partial charge in [-0.25, -0.2) is 0 Å². The highest BCUT2D eigenvalue weighted by Gasteiger charge is 2.06. The van der Waals surface area contributed by atoms with Crippen molar-refractivity contribution in [3.8, 4) is 0 Å². The van der Waals surface area contributed by atoms with Crippen LogP contribution in [0.15, 0.2) is 24.3 Å². The molecule has 0 spiro atoms. The predicted molar refractivity (Wildman–Crippen MR) is 47.4 cm³/mol. The Hall–Kier alpha value is -1.26. The van der Waals surface area contributed by atoms with Crippen LogP contribution in [-0.2, 0) is 9.68 Å². The van der Waals surface area contributed by atoms with Gasteiger partial charge in [0, 0.05) is 0 Å². The Labute approximate surface area is 71.4 Å². The maximum atomic E-state index is 5.67. The lowest BCUT2D eigenvalue weighted by atomic mass is 10.3. The van der Waals surface area contributed by atoms with Crippen LogP contribution in [-0.4, -0.2) is 14.2 Å². The van der Waals surface area contributed by atoms with Crippen molar-refractivity contribution in [1.29, 1.82) is 0 Å². The number of rotatable bonds is 3. The molecule has 0 saturated carbocycles. The molecule has 0 fully saturated rings. The highest BCUT2D eigenvalue weighted by molar-refractivity contribution is 5.64. The number of nitrogens with two attached hydrogens (primary N) is 1. The van der Waals surface area contributed by atoms with Gasteiger partial charge in [0.15, 0.2) is 0 Å². The van der Waals surface area contributed by atoms with Crippen molar-refractivity contribution in [3.63, 3.8) is 0 Å². The Balaban J connectivity index is 2.92. The van der Waals surface area contributed by atoms with E-state index in [4.69, 9.17) is 15.4 Å². The Morgan fingerprint density at radius 1 is 1.17 bits per heavy atom. The molecular formula is C8H12N2O2. The highest BCUT2D eigenvalue weighted by atomic mass is 16.9. The molecular weight excluding hydrogens is 156 g/mol. The average molecular weight is 168 g/mol. The van der Waals surface area contributed by atoms with E-state index in [1.165, 1.54) is 19.4 Å². The third-order valence-corrected chi connectivity index (χ3v) is 1.47. The summed E-state index contributed by atoms with van der Waals surface area (Å²) in [5.74, 6) is 0. The van der Waals surface area contributed by atoms with E-state index in [1.54, 1.807) is 6.07 Å². The zero-order valence-electron chi connectivity index (χ0n) is 7.15. The van der Waals surface area contributed by atoms with Crippen molar-refractivity contribution in [1.82, 2.24) is 0 Å². The topological polar surface area (TPSA) is 47.7 Å². The van der Waals surface area contributed by atoms with Crippen LogP contribution in [0.4, 0.5) is 11.4 Å². The van der Waals surface area contributed by atoms with Gasteiger partial charge in [0.25, 0.3) is 0 Å². The van der Waals surface area contributed by atoms with Crippen molar-refractivity contribution in [2.24, 2.45) is 0 Å². The van der Waals surface area contributed by atoms with Crippen molar-refractivity contribution >= 4 is 11.4 Å². The summed E-state index contributed by atoms with van der Waals surface area (Å²) in [6, 6.07) is 7.29. The molecule has 2 N–H and O–H groups in total. The van der Waals surface area contributed by atoms with Gasteiger partial charge in [0.1, 0.15) is 5.69 Å². The first kappa shape index (κ1) is 8.83. The molecule has 0 bridgehead atoms. The van der Waals surface area contributed by atoms with Crippen LogP contribution in [0.5, 0.6) is 0 Å². The molecule has 0 atom stereocenters. The number of hydrogen-bond donors (Lipinski definition) is 1. The third-order valence-electron chi connectivity index (χ3n) is 1.47. The van der Waals surface area contributed by atoms with E-state index in [-0.39, 0.29) is 0 Å². The molecule has 0 aliphatic rings. The zero-order valence-corrected chi connectivity index (χ0v) is 7.15. The summed E-state index contributed by atoms with van der Waals surface area (Å²) in [6.45, 7) is 0. The molecule has 0 unspecified atom stereocenters. The number of benzene rings is 1. The Bertz CT molecular complexity index is 249. The highest BCUT2D eigenvalue weighted by Crippen LogP contribution is 2.21. The molecule has 0 aliphatic carbocycles. The van der Waals surface area contributed by atoms with E-state index in [0.717, 1.165) is 0 Å². The molecule has 0 aromatic heterocycles. The summed E-state index contributed by atoms with van der Waals surface area (Å²) in [4.78, 5) is 9.79. The average Bonchev–Trinajstić information content (AvgIpc) is 2.10. The maximum Gasteiger partial charge on any atom is 0.118 e. The molecule has 0 amide bonds. The molecule has 0 radical (unpaired) electrons. The minimum absolute atomic E-state index is 0.612. The van der Waals surface area contributed by atoms with Crippen LogP contribution >= 0.6 is 0 Å². The fourth-order valence-corrected chi connectivity index (χ4v) is 0.925. The molecule has 12 heavy (non-hydrogen) atoms. The van der Waals surface area contributed by atoms with Gasteiger partial charge in [-0.05, 0) is 12.1 Å². The van der Waals surface area contributed by atoms with Crippen molar-refractivity contribution in [2.75, 3.05) is 25.2 Å². The first-order chi connectivity index (χ1) is 5.79. The molecule has 1 aromatic rings. The minimum atomic E-state index is 0.612. The summed E-state index contributed by atoms with van der Waals surface area (Å²) >= 11 is 0. The van der Waals surface area contributed by atoms with Gasteiger partial charge in [0.05, 0.1) is 19.9 Å². The molecule has 0 aliphatic heterocycles. The van der Waals surface area contributed by atoms with Crippen molar-refractivity contribution in [2.45, 2.75) is 0 Å². The Kier molecular flexibility index (Phi) is 2.90. The summed E-state index contributed by atoms with van der Waals surface area (Å²) < 4.78 is 0. The van der Waals surface area contributed by atoms with E-state index in [2.05, 4.69) is 0 Å². The largest absolute Gasteiger partial charge is 0.397 e. The van der Waals surface area contributed by atoms with Crippen LogP contribution in [0, 0.1) is 0 Å². The Morgan fingerprint density at radius 2 is 1.75 bits per heavy atom. The smallest absolute Gasteiger partial charge is 0.118 e. The molecule has 0 saturated heterocycles. The predicted octanol–water partition coefficient (Wildman–Crippen LogP) is 1.20. The lowest BCUT2D eigenvalue weighted by molar-refractivity contribution is -0.0429. The molecule has 1 rings (SSSR count). The van der Waals surface area contributed by atoms with Crippen LogP contribution in [0.3, 0.4) is 0 Å². The Morgan fingerprint density at radius 3 is 2.25 bits per heavy atom. The molecule has 0 heterocycles. The third kappa shape index (κ3) is 1.66. The molecule has 66 valence electrons. The van der Waals surface area contributed by atoms with E-state index >= 15 is 0 Å². The van der Waals surface area contributed by atoms with Gasteiger partial charge in [-0.15, -0.1) is 5.23 Å². The van der Waals surface area contributed by atoms with Crippen LogP contribution in [0.25, 0.3) is 0 Å². The van der Waals surface area contributed by atoms with Gasteiger partial charge in [-0.1, -0.05) is 12.1 Å². The maximum absolute atomic E-state index is 5.67. The number of hydrogen-bond acceptors (Lipinski definition) is 4. The number of nitrogen functional groups attached to an aromatic ring is 1. The molecule has 4 heteroatoms. The first-order valence-corrected chi connectivity index (χ1v) is 3.52. The zero-order chi connectivity index (χ0) is 8.97. The van der Waals surface area contributed by atoms with Crippen molar-refractivity contribution < 1.29 is 9.68 Å². The number of para-hydroxylation sites is 2. The lowest BCUT2D eigenvalue weighted by Gasteiger charge is -2.19. The van der Waals surface area contributed by atoms with Gasteiger partial charge in [-0.3, -0.25) is 9.68 Å². The lowest BCUT2D eigenvalue weighted by Crippen LogP contribution is -2.20. The van der Waals surface area contributed by atoms with Gasteiger partial charge < -0.3 is 5.73 Å². The van der Waals surface area contributed by atoms with E-state index in [1.807, 2.05) is 18.2 Å². The quantitative estimate of drug-likeness (QED) is 0.544. The summed E-state index contributed by atoms with van der Waals surface area (Å²) in [5.41, 5.74) is 6.98. The number of anilines is 2. The normalized spacial score (nSPS) is 9.83. The first-order valence-electron chi connectivity index (χ1n) is 3.52. The second kappa shape index (κ2) is 3.94. The minimum Gasteiger partial charge on any atom is -0.397 e. The monoisotopic (exact) mass is 168 g/mol. The van der Waals surface area contributed by atoms with Gasteiger partial charge >= 0.3 is 0 Å². The van der Waals surface area contributed by atoms with Gasteiger partial charge in [0.2, 0.25) is 0 Å². The standard InChI is InChI=1S/C8H12N2O2/c1-11-10(12-2)8-6-4-3-5-7(8)9/h3-6H,9H2,1-2H3. The molecule has 4 nitrogen and oxygen atoms in total. The van der Waals surface area contributed by atoms with Gasteiger partial charge in [-0.2, -0.15) is 0 Å². The second-order valence-corrected chi connectivity index (χ2v) is 2.18. The van der Waals surface area contributed by atoms with Crippen LogP contribution in [0.1, 0.15) is 0 Å². The van der Waals surface area contributed by atoms with E-state index < -0.39 is 0 Å².